The quantitative estimate of drug-likeness (QED) is 0.605. The predicted molar refractivity (Wildman–Crippen MR) is 106 cm³/mol. The summed E-state index contributed by atoms with van der Waals surface area (Å²) in [6, 6.07) is 7.52. The Bertz CT molecular complexity index is 616. The molecule has 0 atom stereocenters. The molecule has 4 nitrogen and oxygen atoms in total. The molecule has 3 rings (SSSR count). The standard InChI is InChI=1S/C21H33FN4/c1-16(2)14-26-11-7-19(8-12-26)25-20(23-3)24-15-21(9-10-21)17-5-4-6-18(22)13-17/h4-6,13,16,19H,7-12,14-15H2,1-3H3,(H2,23,24,25). The zero-order valence-electron chi connectivity index (χ0n) is 16.4. The Hall–Kier alpha value is -1.62. The van der Waals surface area contributed by atoms with E-state index in [1.165, 1.54) is 12.6 Å². The maximum absolute atomic E-state index is 13.5. The van der Waals surface area contributed by atoms with Crippen molar-refractivity contribution < 1.29 is 4.39 Å². The van der Waals surface area contributed by atoms with Crippen LogP contribution in [-0.4, -0.2) is 50.1 Å². The lowest BCUT2D eigenvalue weighted by Gasteiger charge is -2.34. The highest BCUT2D eigenvalue weighted by Gasteiger charge is 2.44. The van der Waals surface area contributed by atoms with Crippen LogP contribution < -0.4 is 10.6 Å². The number of nitrogens with zero attached hydrogens (tertiary/aromatic N) is 2. The number of hydrogen-bond donors (Lipinski definition) is 2. The predicted octanol–water partition coefficient (Wildman–Crippen LogP) is 3.14. The molecule has 0 radical (unpaired) electrons. The molecule has 1 heterocycles. The molecule has 1 saturated heterocycles. The van der Waals surface area contributed by atoms with E-state index in [2.05, 4.69) is 34.4 Å². The molecule has 2 aliphatic rings. The minimum Gasteiger partial charge on any atom is -0.356 e. The zero-order valence-corrected chi connectivity index (χ0v) is 16.4. The Kier molecular flexibility index (Phi) is 6.17. The Morgan fingerprint density at radius 2 is 2.04 bits per heavy atom. The van der Waals surface area contributed by atoms with Gasteiger partial charge in [-0.15, -0.1) is 0 Å². The molecule has 1 aliphatic carbocycles. The van der Waals surface area contributed by atoms with E-state index in [0.717, 1.165) is 62.8 Å². The average molecular weight is 361 g/mol. The average Bonchev–Trinajstić information content (AvgIpc) is 3.41. The van der Waals surface area contributed by atoms with E-state index in [-0.39, 0.29) is 11.2 Å². The van der Waals surface area contributed by atoms with Gasteiger partial charge in [-0.2, -0.15) is 0 Å². The van der Waals surface area contributed by atoms with E-state index in [0.29, 0.717) is 6.04 Å². The second kappa shape index (κ2) is 8.38. The summed E-state index contributed by atoms with van der Waals surface area (Å²) in [5.41, 5.74) is 1.17. The summed E-state index contributed by atoms with van der Waals surface area (Å²) in [6.07, 6.45) is 4.52. The smallest absolute Gasteiger partial charge is 0.191 e. The summed E-state index contributed by atoms with van der Waals surface area (Å²) in [5.74, 6) is 1.45. The van der Waals surface area contributed by atoms with Gasteiger partial charge in [0.05, 0.1) is 0 Å². The minimum absolute atomic E-state index is 0.0698. The van der Waals surface area contributed by atoms with Crippen molar-refractivity contribution in [2.75, 3.05) is 33.2 Å². The van der Waals surface area contributed by atoms with Crippen LogP contribution in [0.2, 0.25) is 0 Å². The van der Waals surface area contributed by atoms with Gasteiger partial charge in [0.15, 0.2) is 5.96 Å². The van der Waals surface area contributed by atoms with Gasteiger partial charge < -0.3 is 15.5 Å². The van der Waals surface area contributed by atoms with E-state index in [9.17, 15) is 4.39 Å². The molecule has 0 spiro atoms. The van der Waals surface area contributed by atoms with Gasteiger partial charge in [-0.25, -0.2) is 4.39 Å². The van der Waals surface area contributed by atoms with Crippen LogP contribution in [0.5, 0.6) is 0 Å². The van der Waals surface area contributed by atoms with Crippen molar-refractivity contribution in [2.45, 2.75) is 51.0 Å². The number of halogens is 1. The number of rotatable bonds is 6. The minimum atomic E-state index is -0.149. The van der Waals surface area contributed by atoms with Crippen LogP contribution in [0, 0.1) is 11.7 Å². The summed E-state index contributed by atoms with van der Waals surface area (Å²) in [5, 5.41) is 7.06. The van der Waals surface area contributed by atoms with Crippen LogP contribution in [0.4, 0.5) is 4.39 Å². The molecule has 26 heavy (non-hydrogen) atoms. The number of piperidine rings is 1. The Morgan fingerprint density at radius 1 is 1.31 bits per heavy atom. The number of likely N-dealkylation sites (tertiary alicyclic amines) is 1. The van der Waals surface area contributed by atoms with Crippen molar-refractivity contribution in [3.63, 3.8) is 0 Å². The van der Waals surface area contributed by atoms with Crippen LogP contribution in [0.15, 0.2) is 29.3 Å². The topological polar surface area (TPSA) is 39.7 Å². The maximum Gasteiger partial charge on any atom is 0.191 e. The Balaban J connectivity index is 1.47. The van der Waals surface area contributed by atoms with Crippen molar-refractivity contribution >= 4 is 5.96 Å². The number of benzene rings is 1. The van der Waals surface area contributed by atoms with Crippen LogP contribution in [0.1, 0.15) is 45.1 Å². The summed E-state index contributed by atoms with van der Waals surface area (Å²) in [4.78, 5) is 6.96. The molecule has 0 aromatic heterocycles. The Morgan fingerprint density at radius 3 is 2.62 bits per heavy atom. The molecular weight excluding hydrogens is 327 g/mol. The van der Waals surface area contributed by atoms with E-state index in [1.807, 2.05) is 19.2 Å². The van der Waals surface area contributed by atoms with Gasteiger partial charge in [0.1, 0.15) is 5.82 Å². The van der Waals surface area contributed by atoms with Crippen molar-refractivity contribution in [2.24, 2.45) is 10.9 Å². The third kappa shape index (κ3) is 4.97. The van der Waals surface area contributed by atoms with Crippen LogP contribution in [0.25, 0.3) is 0 Å². The first-order valence-corrected chi connectivity index (χ1v) is 9.96. The molecule has 1 aromatic carbocycles. The lowest BCUT2D eigenvalue weighted by Crippen LogP contribution is -2.50. The first-order valence-electron chi connectivity index (χ1n) is 9.96. The number of aliphatic imine (C=N–C) groups is 1. The summed E-state index contributed by atoms with van der Waals surface area (Å²) in [7, 11) is 1.82. The normalized spacial score (nSPS) is 21.0. The summed E-state index contributed by atoms with van der Waals surface area (Å²) >= 11 is 0. The largest absolute Gasteiger partial charge is 0.356 e. The fourth-order valence-electron chi connectivity index (χ4n) is 3.95. The Labute approximate surface area is 157 Å². The van der Waals surface area contributed by atoms with Crippen LogP contribution >= 0.6 is 0 Å². The highest BCUT2D eigenvalue weighted by Crippen LogP contribution is 2.47. The van der Waals surface area contributed by atoms with Crippen molar-refractivity contribution in [3.8, 4) is 0 Å². The fraction of sp³-hybridized carbons (Fsp3) is 0.667. The second-order valence-corrected chi connectivity index (χ2v) is 8.33. The SMILES string of the molecule is CN=C(NCC1(c2cccc(F)c2)CC1)NC1CCN(CC(C)C)CC1. The van der Waals surface area contributed by atoms with Crippen molar-refractivity contribution in [1.82, 2.24) is 15.5 Å². The number of nitrogens with one attached hydrogen (secondary N) is 2. The second-order valence-electron chi connectivity index (χ2n) is 8.33. The maximum atomic E-state index is 13.5. The van der Waals surface area contributed by atoms with Gasteiger partial charge in [0, 0.05) is 44.7 Å². The zero-order chi connectivity index (χ0) is 18.6. The number of guanidine groups is 1. The first-order chi connectivity index (χ1) is 12.5. The van der Waals surface area contributed by atoms with E-state index in [1.54, 1.807) is 6.07 Å². The third-order valence-electron chi connectivity index (χ3n) is 5.66. The molecule has 5 heteroatoms. The van der Waals surface area contributed by atoms with Crippen molar-refractivity contribution in [1.29, 1.82) is 0 Å². The lowest BCUT2D eigenvalue weighted by atomic mass is 9.96. The molecule has 0 bridgehead atoms. The molecule has 0 unspecified atom stereocenters. The summed E-state index contributed by atoms with van der Waals surface area (Å²) < 4.78 is 13.5. The van der Waals surface area contributed by atoms with E-state index >= 15 is 0 Å². The fourth-order valence-corrected chi connectivity index (χ4v) is 3.95. The third-order valence-corrected chi connectivity index (χ3v) is 5.66. The van der Waals surface area contributed by atoms with Crippen LogP contribution in [-0.2, 0) is 5.41 Å². The highest BCUT2D eigenvalue weighted by atomic mass is 19.1. The van der Waals surface area contributed by atoms with Gasteiger partial charge in [-0.3, -0.25) is 4.99 Å². The molecular formula is C21H33FN4. The molecule has 2 N–H and O–H groups in total. The van der Waals surface area contributed by atoms with Gasteiger partial charge in [-0.05, 0) is 49.3 Å². The monoisotopic (exact) mass is 360 g/mol. The molecule has 2 fully saturated rings. The lowest BCUT2D eigenvalue weighted by molar-refractivity contribution is 0.187. The van der Waals surface area contributed by atoms with Crippen molar-refractivity contribution in [3.05, 3.63) is 35.6 Å². The van der Waals surface area contributed by atoms with Gasteiger partial charge >= 0.3 is 0 Å². The van der Waals surface area contributed by atoms with Gasteiger partial charge in [0.25, 0.3) is 0 Å². The van der Waals surface area contributed by atoms with E-state index in [4.69, 9.17) is 0 Å². The molecule has 0 amide bonds. The summed E-state index contributed by atoms with van der Waals surface area (Å²) in [6.45, 7) is 8.86. The van der Waals surface area contributed by atoms with Gasteiger partial charge in [-0.1, -0.05) is 26.0 Å². The molecule has 1 saturated carbocycles. The number of hydrogen-bond acceptors (Lipinski definition) is 2. The van der Waals surface area contributed by atoms with E-state index < -0.39 is 0 Å². The molecule has 144 valence electrons. The first kappa shape index (κ1) is 19.2. The van der Waals surface area contributed by atoms with Crippen LogP contribution in [0.3, 0.4) is 0 Å². The highest BCUT2D eigenvalue weighted by molar-refractivity contribution is 5.80. The molecule has 1 aliphatic heterocycles. The van der Waals surface area contributed by atoms with Gasteiger partial charge in [0.2, 0.25) is 0 Å². The molecule has 1 aromatic rings.